The van der Waals surface area contributed by atoms with Crippen LogP contribution in [-0.2, 0) is 11.3 Å². The van der Waals surface area contributed by atoms with Crippen LogP contribution in [0.5, 0.6) is 0 Å². The second kappa shape index (κ2) is 9.87. The van der Waals surface area contributed by atoms with Crippen LogP contribution in [0.25, 0.3) is 28.4 Å². The zero-order valence-corrected chi connectivity index (χ0v) is 22.0. The van der Waals surface area contributed by atoms with Gasteiger partial charge in [0.05, 0.1) is 22.8 Å². The second-order valence-corrected chi connectivity index (χ2v) is 10.8. The lowest BCUT2D eigenvalue weighted by Gasteiger charge is -2.23. The van der Waals surface area contributed by atoms with Gasteiger partial charge in [0.1, 0.15) is 12.1 Å². The van der Waals surface area contributed by atoms with Crippen LogP contribution in [0.4, 0.5) is 5.82 Å². The molecule has 186 valence electrons. The first-order valence-corrected chi connectivity index (χ1v) is 13.1. The molecule has 0 unspecified atom stereocenters. The van der Waals surface area contributed by atoms with Gasteiger partial charge >= 0.3 is 0 Å². The van der Waals surface area contributed by atoms with E-state index in [-0.39, 0.29) is 11.6 Å². The molecule has 0 spiro atoms. The Morgan fingerprint density at radius 1 is 1.22 bits per heavy atom. The third kappa shape index (κ3) is 4.66. The molecule has 1 atom stereocenters. The first-order valence-electron chi connectivity index (χ1n) is 12.3. The molecule has 3 heterocycles. The van der Waals surface area contributed by atoms with Gasteiger partial charge in [0.2, 0.25) is 0 Å². The van der Waals surface area contributed by atoms with E-state index in [4.69, 9.17) is 4.98 Å². The number of hydrogen-bond donors (Lipinski definition) is 2. The van der Waals surface area contributed by atoms with E-state index in [1.807, 2.05) is 13.1 Å². The van der Waals surface area contributed by atoms with Crippen molar-refractivity contribution in [2.75, 3.05) is 19.4 Å². The van der Waals surface area contributed by atoms with Crippen molar-refractivity contribution >= 4 is 41.4 Å². The van der Waals surface area contributed by atoms with Crippen molar-refractivity contribution in [3.8, 4) is 10.4 Å². The van der Waals surface area contributed by atoms with Gasteiger partial charge in [-0.3, -0.25) is 4.79 Å². The third-order valence-electron chi connectivity index (χ3n) is 7.04. The maximum atomic E-state index is 11.6. The minimum atomic E-state index is 0.0242. The average molecular weight is 501 g/mol. The molecule has 1 aromatic carbocycles. The number of anilines is 1. The van der Waals surface area contributed by atoms with E-state index in [1.54, 1.807) is 28.1 Å². The predicted molar refractivity (Wildman–Crippen MR) is 147 cm³/mol. The molecule has 0 aliphatic heterocycles. The Morgan fingerprint density at radius 3 is 2.78 bits per heavy atom. The van der Waals surface area contributed by atoms with Gasteiger partial charge in [-0.05, 0) is 57.0 Å². The maximum Gasteiger partial charge on any atom is 0.158 e. The van der Waals surface area contributed by atoms with Crippen molar-refractivity contribution in [2.24, 2.45) is 0 Å². The van der Waals surface area contributed by atoms with Crippen LogP contribution < -0.4 is 21.2 Å². The molecular formula is C28H32N6OS. The first kappa shape index (κ1) is 24.2. The minimum Gasteiger partial charge on any atom is -0.374 e. The number of rotatable bonds is 9. The summed E-state index contributed by atoms with van der Waals surface area (Å²) in [5.74, 6) is 0.741. The lowest BCUT2D eigenvalue weighted by molar-refractivity contribution is -0.103. The van der Waals surface area contributed by atoms with Gasteiger partial charge in [0.15, 0.2) is 5.65 Å². The fourth-order valence-corrected chi connectivity index (χ4v) is 5.50. The van der Waals surface area contributed by atoms with E-state index < -0.39 is 0 Å². The van der Waals surface area contributed by atoms with Gasteiger partial charge in [-0.15, -0.1) is 11.3 Å². The van der Waals surface area contributed by atoms with Crippen LogP contribution in [-0.4, -0.2) is 45.4 Å². The summed E-state index contributed by atoms with van der Waals surface area (Å²) in [5, 5.41) is 12.9. The molecule has 2 N–H and O–H groups in total. The van der Waals surface area contributed by atoms with Crippen molar-refractivity contribution in [3.05, 3.63) is 69.7 Å². The second-order valence-electron chi connectivity index (χ2n) is 9.66. The van der Waals surface area contributed by atoms with Crippen LogP contribution >= 0.6 is 11.3 Å². The number of nitrogens with one attached hydrogen (secondary N) is 2. The number of nitrogens with zero attached hydrogens (tertiary/aromatic N) is 4. The van der Waals surface area contributed by atoms with E-state index in [9.17, 15) is 4.79 Å². The molecule has 1 aliphatic carbocycles. The molecule has 7 nitrogen and oxygen atoms in total. The molecule has 1 saturated carbocycles. The Morgan fingerprint density at radius 2 is 2.03 bits per heavy atom. The Balaban J connectivity index is 1.54. The van der Waals surface area contributed by atoms with Crippen LogP contribution in [0, 0.1) is 0 Å². The van der Waals surface area contributed by atoms with E-state index in [0.717, 1.165) is 42.1 Å². The number of carbonyl (C=O) groups excluding carboxylic acids is 1. The number of benzene rings is 1. The summed E-state index contributed by atoms with van der Waals surface area (Å²) < 4.78 is 1.72. The zero-order chi connectivity index (χ0) is 25.3. The monoisotopic (exact) mass is 500 g/mol. The largest absolute Gasteiger partial charge is 0.374 e. The first-order chi connectivity index (χ1) is 17.4. The van der Waals surface area contributed by atoms with E-state index in [0.29, 0.717) is 5.65 Å². The average Bonchev–Trinajstić information content (AvgIpc) is 3.24. The standard InChI is InChI=1S/C28H32N6OS/c1-19(24-9-10-25(36-24)21-8-6-5-7-20(21)17-29-3)31-27-22(18-33(4)28(2)13-14-28)23(12-16-35)34-26(32-27)11-15-30-34/h5-12,15-16,18-19,29H,13-14,17H2,1-4H3,(H,31,32)/b22-18?,23-12+/t19-/m1/s1. The number of aromatic nitrogens is 3. The summed E-state index contributed by atoms with van der Waals surface area (Å²) in [5.41, 5.74) is 3.38. The Bertz CT molecular complexity index is 1520. The highest BCUT2D eigenvalue weighted by atomic mass is 32.1. The number of hydrogen-bond acceptors (Lipinski definition) is 7. The maximum absolute atomic E-state index is 11.6. The Kier molecular flexibility index (Phi) is 6.64. The van der Waals surface area contributed by atoms with Gasteiger partial charge < -0.3 is 15.5 Å². The van der Waals surface area contributed by atoms with E-state index in [2.05, 4.69) is 84.1 Å². The number of carbonyl (C=O) groups is 1. The fraction of sp³-hybridized carbons (Fsp3) is 0.321. The molecule has 8 heteroatoms. The SMILES string of the molecule is CNCc1ccccc1-c1ccc([C@@H](C)Nc2nc3ccnn3/c(=C/C=O)c2=CN(C)C2(C)CC2)s1. The predicted octanol–water partition coefficient (Wildman–Crippen LogP) is 3.55. The lowest BCUT2D eigenvalue weighted by atomic mass is 10.1. The molecule has 5 rings (SSSR count). The van der Waals surface area contributed by atoms with E-state index >= 15 is 0 Å². The number of fused-ring (bicyclic) bond motifs is 1. The molecular weight excluding hydrogens is 468 g/mol. The van der Waals surface area contributed by atoms with Gasteiger partial charge in [-0.25, -0.2) is 9.50 Å². The van der Waals surface area contributed by atoms with Crippen LogP contribution in [0.15, 0.2) is 48.7 Å². The molecule has 0 radical (unpaired) electrons. The van der Waals surface area contributed by atoms with Gasteiger partial charge in [0, 0.05) is 47.2 Å². The molecule has 3 aromatic heterocycles. The van der Waals surface area contributed by atoms with Crippen molar-refractivity contribution in [3.63, 3.8) is 0 Å². The van der Waals surface area contributed by atoms with Crippen molar-refractivity contribution in [1.82, 2.24) is 24.8 Å². The topological polar surface area (TPSA) is 74.6 Å². The summed E-state index contributed by atoms with van der Waals surface area (Å²) >= 11 is 1.79. The quantitative estimate of drug-likeness (QED) is 0.343. The summed E-state index contributed by atoms with van der Waals surface area (Å²) in [6.45, 7) is 5.23. The van der Waals surface area contributed by atoms with Crippen molar-refractivity contribution in [2.45, 2.75) is 44.8 Å². The highest BCUT2D eigenvalue weighted by Crippen LogP contribution is 2.40. The summed E-state index contributed by atoms with van der Waals surface area (Å²) in [6, 6.07) is 14.8. The van der Waals surface area contributed by atoms with Gasteiger partial charge in [-0.1, -0.05) is 24.3 Å². The molecule has 1 fully saturated rings. The minimum absolute atomic E-state index is 0.0242. The molecule has 1 aliphatic rings. The number of aldehydes is 1. The molecule has 4 aromatic rings. The molecule has 0 bridgehead atoms. The fourth-order valence-electron chi connectivity index (χ4n) is 4.43. The normalized spacial score (nSPS) is 16.3. The van der Waals surface area contributed by atoms with Gasteiger partial charge in [-0.2, -0.15) is 5.10 Å². The molecule has 0 saturated heterocycles. The Hall–Kier alpha value is -3.49. The van der Waals surface area contributed by atoms with Crippen molar-refractivity contribution in [1.29, 1.82) is 0 Å². The van der Waals surface area contributed by atoms with Crippen LogP contribution in [0.3, 0.4) is 0 Å². The zero-order valence-electron chi connectivity index (χ0n) is 21.2. The smallest absolute Gasteiger partial charge is 0.158 e. The summed E-state index contributed by atoms with van der Waals surface area (Å²) in [7, 11) is 4.06. The summed E-state index contributed by atoms with van der Waals surface area (Å²) in [4.78, 5) is 21.2. The summed E-state index contributed by atoms with van der Waals surface area (Å²) in [6.07, 6.45) is 8.48. The third-order valence-corrected chi connectivity index (χ3v) is 8.34. The lowest BCUT2D eigenvalue weighted by Crippen LogP contribution is -2.40. The Labute approximate surface area is 215 Å². The van der Waals surface area contributed by atoms with Crippen molar-refractivity contribution < 1.29 is 4.79 Å². The van der Waals surface area contributed by atoms with Gasteiger partial charge in [0.25, 0.3) is 0 Å². The highest BCUT2D eigenvalue weighted by Gasteiger charge is 2.40. The highest BCUT2D eigenvalue weighted by molar-refractivity contribution is 7.15. The van der Waals surface area contributed by atoms with Crippen LogP contribution in [0.1, 0.15) is 43.2 Å². The molecule has 36 heavy (non-hydrogen) atoms. The van der Waals surface area contributed by atoms with E-state index in [1.165, 1.54) is 20.9 Å². The number of thiophene rings is 1. The van der Waals surface area contributed by atoms with Crippen LogP contribution in [0.2, 0.25) is 0 Å². The molecule has 0 amide bonds.